The molecule has 6 nitrogen and oxygen atoms in total. The lowest BCUT2D eigenvalue weighted by Crippen LogP contribution is -2.38. The van der Waals surface area contributed by atoms with Crippen molar-refractivity contribution in [3.8, 4) is 0 Å². The Bertz CT molecular complexity index is 1190. The van der Waals surface area contributed by atoms with Crippen molar-refractivity contribution >= 4 is 6.09 Å². The molecule has 4 fully saturated rings. The van der Waals surface area contributed by atoms with Gasteiger partial charge in [-0.1, -0.05) is 47.6 Å². The Morgan fingerprint density at radius 2 is 1.97 bits per heavy atom. The van der Waals surface area contributed by atoms with Crippen molar-refractivity contribution in [1.82, 2.24) is 10.1 Å². The smallest absolute Gasteiger partial charge is 0.411 e. The van der Waals surface area contributed by atoms with E-state index in [1.807, 2.05) is 25.7 Å². The molecule has 0 radical (unpaired) electrons. The number of amides is 1. The monoisotopic (exact) mass is 488 g/mol. The quantitative estimate of drug-likeness (QED) is 0.346. The van der Waals surface area contributed by atoms with Crippen molar-refractivity contribution in [2.45, 2.75) is 107 Å². The van der Waals surface area contributed by atoms with E-state index in [2.05, 4.69) is 47.6 Å². The van der Waals surface area contributed by atoms with Gasteiger partial charge in [0, 0.05) is 23.3 Å². The highest BCUT2D eigenvalue weighted by molar-refractivity contribution is 5.74. The van der Waals surface area contributed by atoms with Crippen molar-refractivity contribution in [2.24, 2.45) is 5.92 Å². The van der Waals surface area contributed by atoms with E-state index in [-0.39, 0.29) is 23.8 Å². The topological polar surface area (TPSA) is 64.6 Å². The van der Waals surface area contributed by atoms with Crippen LogP contribution in [0.4, 0.5) is 4.79 Å². The minimum absolute atomic E-state index is 0.0694. The molecule has 0 N–H and O–H groups in total. The highest BCUT2D eigenvalue weighted by Crippen LogP contribution is 2.59. The SMILES string of the molecule is CC(C)(C)OC(=O)N1C2CC(OCc3c(C4CC4c4ccccc4)noc3C3CC3)C3C=CCC21C3. The average Bonchev–Trinajstić information content (AvgIpc) is 3.77. The molecule has 1 aromatic heterocycles. The molecule has 1 aliphatic heterocycles. The Hall–Kier alpha value is -2.60. The molecule has 2 heterocycles. The molecule has 2 aromatic rings. The van der Waals surface area contributed by atoms with E-state index in [9.17, 15) is 4.79 Å². The summed E-state index contributed by atoms with van der Waals surface area (Å²) >= 11 is 0. The van der Waals surface area contributed by atoms with Crippen molar-refractivity contribution < 1.29 is 18.8 Å². The summed E-state index contributed by atoms with van der Waals surface area (Å²) in [7, 11) is 0. The number of carbonyl (C=O) groups is 1. The van der Waals surface area contributed by atoms with Gasteiger partial charge in [0.15, 0.2) is 0 Å². The number of aromatic nitrogens is 1. The predicted molar refractivity (Wildman–Crippen MR) is 135 cm³/mol. The summed E-state index contributed by atoms with van der Waals surface area (Å²) in [6, 6.07) is 11.0. The van der Waals surface area contributed by atoms with Crippen LogP contribution in [0.15, 0.2) is 47.0 Å². The lowest BCUT2D eigenvalue weighted by Gasteiger charge is -2.34. The fraction of sp³-hybridized carbons (Fsp3) is 0.600. The summed E-state index contributed by atoms with van der Waals surface area (Å²) in [6.07, 6.45) is 10.7. The molecule has 190 valence electrons. The van der Waals surface area contributed by atoms with E-state index in [1.165, 1.54) is 24.0 Å². The van der Waals surface area contributed by atoms with Crippen molar-refractivity contribution in [3.63, 3.8) is 0 Å². The van der Waals surface area contributed by atoms with Gasteiger partial charge in [0.2, 0.25) is 0 Å². The third-order valence-electron chi connectivity index (χ3n) is 8.92. The summed E-state index contributed by atoms with van der Waals surface area (Å²) in [4.78, 5) is 14.9. The van der Waals surface area contributed by atoms with E-state index in [0.717, 1.165) is 37.1 Å². The van der Waals surface area contributed by atoms with E-state index in [4.69, 9.17) is 14.0 Å². The predicted octanol–water partition coefficient (Wildman–Crippen LogP) is 6.44. The van der Waals surface area contributed by atoms with Crippen molar-refractivity contribution in [2.75, 3.05) is 0 Å². The number of fused-ring (bicyclic) bond motifs is 1. The largest absolute Gasteiger partial charge is 0.444 e. The highest BCUT2D eigenvalue weighted by Gasteiger charge is 2.69. The fourth-order valence-corrected chi connectivity index (χ4v) is 6.89. The maximum atomic E-state index is 13.0. The van der Waals surface area contributed by atoms with E-state index in [0.29, 0.717) is 30.3 Å². The molecule has 6 heteroatoms. The Morgan fingerprint density at radius 1 is 1.17 bits per heavy atom. The van der Waals surface area contributed by atoms with E-state index in [1.54, 1.807) is 0 Å². The van der Waals surface area contributed by atoms with Crippen LogP contribution < -0.4 is 0 Å². The minimum Gasteiger partial charge on any atom is -0.444 e. The van der Waals surface area contributed by atoms with Crippen molar-refractivity contribution in [3.05, 3.63) is 65.1 Å². The maximum Gasteiger partial charge on any atom is 0.411 e. The number of rotatable bonds is 6. The van der Waals surface area contributed by atoms with Crippen LogP contribution in [-0.4, -0.2) is 39.4 Å². The second kappa shape index (κ2) is 7.95. The third kappa shape index (κ3) is 3.80. The van der Waals surface area contributed by atoms with Gasteiger partial charge in [-0.3, -0.25) is 4.90 Å². The zero-order chi connectivity index (χ0) is 24.7. The van der Waals surface area contributed by atoms with Crippen LogP contribution in [0.3, 0.4) is 0 Å². The summed E-state index contributed by atoms with van der Waals surface area (Å²) in [5.41, 5.74) is 3.13. The first-order valence-corrected chi connectivity index (χ1v) is 13.7. The Morgan fingerprint density at radius 3 is 2.72 bits per heavy atom. The number of hydrogen-bond acceptors (Lipinski definition) is 5. The number of hydrogen-bond donors (Lipinski definition) is 0. The minimum atomic E-state index is -0.483. The first-order chi connectivity index (χ1) is 17.3. The summed E-state index contributed by atoms with van der Waals surface area (Å²) in [5, 5.41) is 4.59. The van der Waals surface area contributed by atoms with Gasteiger partial charge in [-0.25, -0.2) is 4.79 Å². The molecular weight excluding hydrogens is 452 g/mol. The first kappa shape index (κ1) is 22.6. The van der Waals surface area contributed by atoms with Gasteiger partial charge < -0.3 is 14.0 Å². The number of likely N-dealkylation sites (tertiary alicyclic amines) is 1. The standard InChI is InChI=1S/C30H36N2O4/c1-29(2,3)35-28(33)32-25-15-24(20-10-7-13-30(25,32)16-20)34-17-23-26(31-36-27(23)19-11-12-19)22-14-21(22)18-8-5-4-6-9-18/h4-10,19-22,24-25H,11-17H2,1-3H3. The van der Waals surface area contributed by atoms with Crippen LogP contribution in [-0.2, 0) is 16.1 Å². The summed E-state index contributed by atoms with van der Waals surface area (Å²) in [6.45, 7) is 6.34. The molecule has 1 spiro atoms. The number of nitrogens with zero attached hydrogens (tertiary/aromatic N) is 2. The Kier molecular flexibility index (Phi) is 4.99. The fourth-order valence-electron chi connectivity index (χ4n) is 6.89. The number of carbonyl (C=O) groups excluding carboxylic acids is 1. The Labute approximate surface area is 213 Å². The molecule has 1 saturated heterocycles. The number of ether oxygens (including phenoxy) is 2. The van der Waals surface area contributed by atoms with Gasteiger partial charge in [-0.05, 0) is 70.8 Å². The van der Waals surface area contributed by atoms with Gasteiger partial charge in [0.25, 0.3) is 0 Å². The molecule has 1 aromatic carbocycles. The molecule has 3 saturated carbocycles. The zero-order valence-corrected chi connectivity index (χ0v) is 21.5. The Balaban J connectivity index is 1.07. The zero-order valence-electron chi connectivity index (χ0n) is 21.5. The van der Waals surface area contributed by atoms with Crippen molar-refractivity contribution in [1.29, 1.82) is 0 Å². The normalized spacial score (nSPS) is 34.3. The molecule has 4 aliphatic carbocycles. The molecule has 36 heavy (non-hydrogen) atoms. The average molecular weight is 489 g/mol. The molecule has 7 rings (SSSR count). The highest BCUT2D eigenvalue weighted by atomic mass is 16.6. The lowest BCUT2D eigenvalue weighted by atomic mass is 9.74. The van der Waals surface area contributed by atoms with Gasteiger partial charge in [0.05, 0.1) is 30.0 Å². The summed E-state index contributed by atoms with van der Waals surface area (Å²) in [5.74, 6) is 2.82. The maximum absolute atomic E-state index is 13.0. The molecule has 1 amide bonds. The number of benzene rings is 1. The van der Waals surface area contributed by atoms with E-state index >= 15 is 0 Å². The summed E-state index contributed by atoms with van der Waals surface area (Å²) < 4.78 is 18.4. The second-order valence-corrected chi connectivity index (χ2v) is 12.6. The van der Waals surface area contributed by atoms with Crippen LogP contribution >= 0.6 is 0 Å². The molecular formula is C30H36N2O4. The van der Waals surface area contributed by atoms with Crippen LogP contribution in [0.1, 0.15) is 99.6 Å². The first-order valence-electron chi connectivity index (χ1n) is 13.7. The van der Waals surface area contributed by atoms with Gasteiger partial charge >= 0.3 is 6.09 Å². The molecule has 2 bridgehead atoms. The van der Waals surface area contributed by atoms with Crippen LogP contribution in [0, 0.1) is 5.92 Å². The molecule has 5 aliphatic rings. The van der Waals surface area contributed by atoms with Gasteiger partial charge in [-0.15, -0.1) is 0 Å². The van der Waals surface area contributed by atoms with E-state index < -0.39 is 5.60 Å². The lowest BCUT2D eigenvalue weighted by molar-refractivity contribution is -0.00910. The van der Waals surface area contributed by atoms with Gasteiger partial charge in [-0.2, -0.15) is 0 Å². The molecule has 6 unspecified atom stereocenters. The van der Waals surface area contributed by atoms with Crippen LogP contribution in [0.5, 0.6) is 0 Å². The van der Waals surface area contributed by atoms with Gasteiger partial charge in [0.1, 0.15) is 11.4 Å². The second-order valence-electron chi connectivity index (χ2n) is 12.6. The molecule has 6 atom stereocenters. The van der Waals surface area contributed by atoms with Crippen LogP contribution in [0.25, 0.3) is 0 Å². The third-order valence-corrected chi connectivity index (χ3v) is 8.92. The van der Waals surface area contributed by atoms with Crippen LogP contribution in [0.2, 0.25) is 0 Å².